The number of alkyl halides is 3. The average molecular weight is 419 g/mol. The van der Waals surface area contributed by atoms with Gasteiger partial charge in [0, 0.05) is 20.1 Å². The van der Waals surface area contributed by atoms with Gasteiger partial charge < -0.3 is 15.1 Å². The SMILES string of the molecule is CN(C(=O)c1c(C(F)(F)F)cc(O)c(O)c1[N+](=O)[O-])C(=O)N(C)C1CCCCC1. The zero-order chi connectivity index (χ0) is 22.1. The standard InChI is InChI=1S/C17H20F3N3O6/c1-21(9-6-4-3-5-7-9)16(27)22(2)15(26)12-10(17(18,19)20)8-11(24)14(25)13(12)23(28)29/h8-9,24-25H,3-7H2,1-2H3. The molecule has 0 bridgehead atoms. The third-order valence-corrected chi connectivity index (χ3v) is 4.97. The Morgan fingerprint density at radius 1 is 1.17 bits per heavy atom. The first kappa shape index (κ1) is 22.2. The molecule has 0 radical (unpaired) electrons. The van der Waals surface area contributed by atoms with E-state index in [4.69, 9.17) is 0 Å². The number of phenolic OH excluding ortho intramolecular Hbond substituents is 2. The van der Waals surface area contributed by atoms with Crippen LogP contribution in [0.3, 0.4) is 0 Å². The highest BCUT2D eigenvalue weighted by Gasteiger charge is 2.44. The van der Waals surface area contributed by atoms with Gasteiger partial charge in [-0.05, 0) is 18.9 Å². The molecule has 2 N–H and O–H groups in total. The third-order valence-electron chi connectivity index (χ3n) is 4.97. The maximum absolute atomic E-state index is 13.4. The molecule has 9 nitrogen and oxygen atoms in total. The summed E-state index contributed by atoms with van der Waals surface area (Å²) in [6.45, 7) is 0. The van der Waals surface area contributed by atoms with Crippen LogP contribution >= 0.6 is 0 Å². The summed E-state index contributed by atoms with van der Waals surface area (Å²) in [7, 11) is 2.30. The van der Waals surface area contributed by atoms with Crippen molar-refractivity contribution in [2.75, 3.05) is 14.1 Å². The lowest BCUT2D eigenvalue weighted by atomic mass is 9.94. The van der Waals surface area contributed by atoms with E-state index >= 15 is 0 Å². The van der Waals surface area contributed by atoms with Crippen LogP contribution in [0.25, 0.3) is 0 Å². The summed E-state index contributed by atoms with van der Waals surface area (Å²) < 4.78 is 40.2. The number of nitrogens with zero attached hydrogens (tertiary/aromatic N) is 3. The zero-order valence-electron chi connectivity index (χ0n) is 15.7. The van der Waals surface area contributed by atoms with Crippen molar-refractivity contribution in [1.29, 1.82) is 0 Å². The average Bonchev–Trinajstić information content (AvgIpc) is 2.66. The second-order valence-corrected chi connectivity index (χ2v) is 6.82. The highest BCUT2D eigenvalue weighted by atomic mass is 19.4. The highest BCUT2D eigenvalue weighted by molar-refractivity contribution is 6.08. The summed E-state index contributed by atoms with van der Waals surface area (Å²) in [6, 6.07) is -1.13. The third kappa shape index (κ3) is 4.35. The molecule has 1 aliphatic carbocycles. The van der Waals surface area contributed by atoms with Gasteiger partial charge in [0.2, 0.25) is 5.75 Å². The first-order valence-electron chi connectivity index (χ1n) is 8.73. The van der Waals surface area contributed by atoms with Gasteiger partial charge in [-0.25, -0.2) is 4.79 Å². The number of phenols is 2. The number of amides is 3. The molecule has 1 saturated carbocycles. The summed E-state index contributed by atoms with van der Waals surface area (Å²) in [5, 5.41) is 30.4. The summed E-state index contributed by atoms with van der Waals surface area (Å²) in [6.07, 6.45) is -1.23. The van der Waals surface area contributed by atoms with Crippen molar-refractivity contribution in [3.63, 3.8) is 0 Å². The largest absolute Gasteiger partial charge is 0.504 e. The smallest absolute Gasteiger partial charge is 0.417 e. The van der Waals surface area contributed by atoms with E-state index in [1.807, 2.05) is 0 Å². The topological polar surface area (TPSA) is 124 Å². The van der Waals surface area contributed by atoms with Gasteiger partial charge in [0.15, 0.2) is 5.75 Å². The number of imide groups is 1. The van der Waals surface area contributed by atoms with Crippen molar-refractivity contribution in [3.05, 3.63) is 27.3 Å². The fourth-order valence-corrected chi connectivity index (χ4v) is 3.38. The maximum atomic E-state index is 13.4. The number of aromatic hydroxyl groups is 2. The van der Waals surface area contributed by atoms with Gasteiger partial charge in [0.1, 0.15) is 5.56 Å². The first-order valence-corrected chi connectivity index (χ1v) is 8.73. The van der Waals surface area contributed by atoms with Crippen molar-refractivity contribution < 1.29 is 37.9 Å². The molecule has 160 valence electrons. The summed E-state index contributed by atoms with van der Waals surface area (Å²) in [5.74, 6) is -4.52. The Bertz CT molecular complexity index is 837. The predicted octanol–water partition coefficient (Wildman–Crippen LogP) is 3.48. The van der Waals surface area contributed by atoms with Gasteiger partial charge in [-0.2, -0.15) is 13.2 Å². The number of nitro benzene ring substituents is 1. The Morgan fingerprint density at radius 2 is 1.72 bits per heavy atom. The van der Waals surface area contributed by atoms with Gasteiger partial charge in [0.25, 0.3) is 5.91 Å². The molecule has 0 atom stereocenters. The molecule has 2 rings (SSSR count). The van der Waals surface area contributed by atoms with Crippen LogP contribution in [0, 0.1) is 10.1 Å². The molecule has 29 heavy (non-hydrogen) atoms. The van der Waals surface area contributed by atoms with E-state index in [2.05, 4.69) is 0 Å². The number of carbonyl (C=O) groups excluding carboxylic acids is 2. The number of hydrogen-bond acceptors (Lipinski definition) is 6. The summed E-state index contributed by atoms with van der Waals surface area (Å²) in [5.41, 5.74) is -4.97. The predicted molar refractivity (Wildman–Crippen MR) is 93.6 cm³/mol. The molecular formula is C17H20F3N3O6. The fourth-order valence-electron chi connectivity index (χ4n) is 3.38. The van der Waals surface area contributed by atoms with Gasteiger partial charge >= 0.3 is 17.9 Å². The lowest BCUT2D eigenvalue weighted by molar-refractivity contribution is -0.386. The van der Waals surface area contributed by atoms with Crippen molar-refractivity contribution in [1.82, 2.24) is 9.80 Å². The summed E-state index contributed by atoms with van der Waals surface area (Å²) >= 11 is 0. The molecule has 1 fully saturated rings. The van der Waals surface area contributed by atoms with E-state index in [1.54, 1.807) is 0 Å². The Balaban J connectivity index is 2.51. The minimum atomic E-state index is -5.26. The van der Waals surface area contributed by atoms with Crippen LogP contribution < -0.4 is 0 Å². The zero-order valence-corrected chi connectivity index (χ0v) is 15.7. The molecule has 0 aromatic heterocycles. The van der Waals surface area contributed by atoms with E-state index in [0.29, 0.717) is 17.7 Å². The Labute approximate surface area is 163 Å². The first-order chi connectivity index (χ1) is 13.4. The summed E-state index contributed by atoms with van der Waals surface area (Å²) in [4.78, 5) is 36.7. The van der Waals surface area contributed by atoms with Gasteiger partial charge in [-0.15, -0.1) is 0 Å². The molecule has 1 aliphatic rings. The number of benzene rings is 1. The van der Waals surface area contributed by atoms with Crippen LogP contribution in [0.1, 0.15) is 48.0 Å². The number of hydrogen-bond donors (Lipinski definition) is 2. The van der Waals surface area contributed by atoms with Crippen LogP contribution in [-0.2, 0) is 6.18 Å². The van der Waals surface area contributed by atoms with Crippen LogP contribution in [-0.4, -0.2) is 57.0 Å². The second kappa shape index (κ2) is 8.13. The maximum Gasteiger partial charge on any atom is 0.417 e. The molecule has 3 amide bonds. The fraction of sp³-hybridized carbons (Fsp3) is 0.529. The van der Waals surface area contributed by atoms with Crippen LogP contribution in [0.5, 0.6) is 11.5 Å². The molecule has 1 aromatic carbocycles. The molecule has 1 aromatic rings. The minimum absolute atomic E-state index is 0.0126. The Hall–Kier alpha value is -3.05. The van der Waals surface area contributed by atoms with Crippen LogP contribution in [0.15, 0.2) is 6.07 Å². The monoisotopic (exact) mass is 419 g/mol. The van der Waals surface area contributed by atoms with Crippen molar-refractivity contribution >= 4 is 17.6 Å². The molecule has 0 spiro atoms. The normalized spacial score (nSPS) is 15.1. The van der Waals surface area contributed by atoms with Crippen molar-refractivity contribution in [3.8, 4) is 11.5 Å². The number of halogens is 3. The lowest BCUT2D eigenvalue weighted by Crippen LogP contribution is -2.47. The molecule has 0 aliphatic heterocycles. The van der Waals surface area contributed by atoms with E-state index < -0.39 is 51.4 Å². The van der Waals surface area contributed by atoms with E-state index in [1.165, 1.54) is 11.9 Å². The van der Waals surface area contributed by atoms with Gasteiger partial charge in [0.05, 0.1) is 10.5 Å². The molecule has 12 heteroatoms. The quantitative estimate of drug-likeness (QED) is 0.439. The van der Waals surface area contributed by atoms with Crippen LogP contribution in [0.2, 0.25) is 0 Å². The Morgan fingerprint density at radius 3 is 2.21 bits per heavy atom. The number of urea groups is 1. The van der Waals surface area contributed by atoms with Gasteiger partial charge in [-0.1, -0.05) is 19.3 Å². The number of nitro groups is 1. The van der Waals surface area contributed by atoms with Gasteiger partial charge in [-0.3, -0.25) is 19.8 Å². The van der Waals surface area contributed by atoms with E-state index in [-0.39, 0.29) is 12.1 Å². The van der Waals surface area contributed by atoms with Crippen LogP contribution in [0.4, 0.5) is 23.7 Å². The van der Waals surface area contributed by atoms with Crippen molar-refractivity contribution in [2.45, 2.75) is 44.3 Å². The lowest BCUT2D eigenvalue weighted by Gasteiger charge is -2.33. The van der Waals surface area contributed by atoms with E-state index in [9.17, 15) is 43.1 Å². The highest BCUT2D eigenvalue weighted by Crippen LogP contribution is 2.45. The number of carbonyl (C=O) groups is 2. The molecule has 0 unspecified atom stereocenters. The second-order valence-electron chi connectivity index (χ2n) is 6.82. The molecule has 0 heterocycles. The van der Waals surface area contributed by atoms with E-state index in [0.717, 1.165) is 26.3 Å². The number of rotatable bonds is 3. The molecule has 0 saturated heterocycles. The minimum Gasteiger partial charge on any atom is -0.504 e. The van der Waals surface area contributed by atoms with Crippen molar-refractivity contribution in [2.24, 2.45) is 0 Å². The Kier molecular flexibility index (Phi) is 6.24. The molecular weight excluding hydrogens is 399 g/mol.